The number of ether oxygens (including phenoxy) is 1. The van der Waals surface area contributed by atoms with Crippen LogP contribution >= 0.6 is 22.7 Å². The van der Waals surface area contributed by atoms with Crippen LogP contribution in [0, 0.1) is 0 Å². The third-order valence-electron chi connectivity index (χ3n) is 2.09. The van der Waals surface area contributed by atoms with Gasteiger partial charge in [-0.1, -0.05) is 0 Å². The first-order chi connectivity index (χ1) is 8.13. The largest absolute Gasteiger partial charge is 0.464 e. The molecule has 0 atom stereocenters. The van der Waals surface area contributed by atoms with E-state index in [1.165, 1.54) is 36.7 Å². The molecule has 0 amide bonds. The van der Waals surface area contributed by atoms with Gasteiger partial charge in [0.05, 0.1) is 7.11 Å². The molecule has 0 fully saturated rings. The highest BCUT2D eigenvalue weighted by molar-refractivity contribution is 7.17. The van der Waals surface area contributed by atoms with Crippen molar-refractivity contribution in [2.45, 2.75) is 6.92 Å². The van der Waals surface area contributed by atoms with E-state index in [1.807, 2.05) is 16.8 Å². The average Bonchev–Trinajstić information content (AvgIpc) is 2.95. The normalized spacial score (nSPS) is 10.2. The molecule has 0 saturated carbocycles. The van der Waals surface area contributed by atoms with Gasteiger partial charge in [-0.05, 0) is 11.4 Å². The molecule has 2 heterocycles. The van der Waals surface area contributed by atoms with Gasteiger partial charge in [0.15, 0.2) is 11.5 Å². The van der Waals surface area contributed by atoms with Crippen molar-refractivity contribution in [2.24, 2.45) is 0 Å². The Morgan fingerprint density at radius 2 is 2.18 bits per heavy atom. The van der Waals surface area contributed by atoms with Crippen molar-refractivity contribution in [1.29, 1.82) is 0 Å². The average molecular weight is 267 g/mol. The predicted molar refractivity (Wildman–Crippen MR) is 66.8 cm³/mol. The number of aromatic nitrogens is 1. The minimum Gasteiger partial charge on any atom is -0.464 e. The molecule has 0 unspecified atom stereocenters. The van der Waals surface area contributed by atoms with Crippen molar-refractivity contribution in [3.8, 4) is 10.6 Å². The topological polar surface area (TPSA) is 56.3 Å². The van der Waals surface area contributed by atoms with Crippen LogP contribution < -0.4 is 0 Å². The zero-order valence-corrected chi connectivity index (χ0v) is 10.9. The quantitative estimate of drug-likeness (QED) is 0.634. The second kappa shape index (κ2) is 4.77. The van der Waals surface area contributed by atoms with Crippen LogP contribution in [0.15, 0.2) is 16.8 Å². The van der Waals surface area contributed by atoms with Crippen LogP contribution in [0.25, 0.3) is 10.6 Å². The van der Waals surface area contributed by atoms with Gasteiger partial charge in [-0.15, -0.1) is 11.3 Å². The van der Waals surface area contributed by atoms with Gasteiger partial charge in [-0.3, -0.25) is 4.79 Å². The van der Waals surface area contributed by atoms with Crippen LogP contribution in [0.1, 0.15) is 27.1 Å². The fourth-order valence-electron chi connectivity index (χ4n) is 1.30. The van der Waals surface area contributed by atoms with Crippen LogP contribution in [-0.4, -0.2) is 23.8 Å². The number of thiophene rings is 1. The molecular formula is C11H9NO3S2. The lowest BCUT2D eigenvalue weighted by atomic mass is 10.3. The van der Waals surface area contributed by atoms with E-state index in [-0.39, 0.29) is 11.5 Å². The minimum absolute atomic E-state index is 0.103. The molecule has 0 aromatic carbocycles. The van der Waals surface area contributed by atoms with Gasteiger partial charge in [0, 0.05) is 17.9 Å². The fourth-order valence-corrected chi connectivity index (χ4v) is 2.96. The summed E-state index contributed by atoms with van der Waals surface area (Å²) in [5.74, 6) is -0.752. The third-order valence-corrected chi connectivity index (χ3v) is 3.98. The standard InChI is InChI=1S/C11H9NO3S2/c1-6(13)9-8(11(14)15-2)12-10(17-9)7-3-4-16-5-7/h3-5H,1-2H3. The summed E-state index contributed by atoms with van der Waals surface area (Å²) in [5, 5.41) is 4.50. The Kier molecular flexibility index (Phi) is 3.35. The summed E-state index contributed by atoms with van der Waals surface area (Å²) < 4.78 is 4.61. The smallest absolute Gasteiger partial charge is 0.358 e. The molecule has 2 aromatic heterocycles. The molecule has 17 heavy (non-hydrogen) atoms. The van der Waals surface area contributed by atoms with Gasteiger partial charge in [-0.25, -0.2) is 9.78 Å². The van der Waals surface area contributed by atoms with E-state index in [4.69, 9.17) is 0 Å². The molecule has 2 rings (SSSR count). The third kappa shape index (κ3) is 2.27. The minimum atomic E-state index is -0.576. The summed E-state index contributed by atoms with van der Waals surface area (Å²) in [4.78, 5) is 27.4. The second-order valence-corrected chi connectivity index (χ2v) is 5.04. The number of Topliss-reactive ketones (excluding diaryl/α,β-unsaturated/α-hetero) is 1. The highest BCUT2D eigenvalue weighted by Crippen LogP contribution is 2.30. The molecule has 4 nitrogen and oxygen atoms in total. The predicted octanol–water partition coefficient (Wildman–Crippen LogP) is 2.86. The van der Waals surface area contributed by atoms with Crippen molar-refractivity contribution in [3.63, 3.8) is 0 Å². The van der Waals surface area contributed by atoms with E-state index in [0.29, 0.717) is 9.88 Å². The van der Waals surface area contributed by atoms with E-state index >= 15 is 0 Å². The molecule has 0 spiro atoms. The van der Waals surface area contributed by atoms with E-state index in [0.717, 1.165) is 5.56 Å². The Bertz CT molecular complexity index is 557. The van der Waals surface area contributed by atoms with Gasteiger partial charge < -0.3 is 4.74 Å². The van der Waals surface area contributed by atoms with Gasteiger partial charge in [0.25, 0.3) is 0 Å². The fraction of sp³-hybridized carbons (Fsp3) is 0.182. The maximum atomic E-state index is 11.5. The highest BCUT2D eigenvalue weighted by Gasteiger charge is 2.22. The summed E-state index contributed by atoms with van der Waals surface area (Å²) in [6.07, 6.45) is 0. The Morgan fingerprint density at radius 3 is 2.71 bits per heavy atom. The molecule has 6 heteroatoms. The molecule has 0 saturated heterocycles. The first-order valence-corrected chi connectivity index (χ1v) is 6.52. The lowest BCUT2D eigenvalue weighted by molar-refractivity contribution is 0.0591. The zero-order chi connectivity index (χ0) is 12.4. The summed E-state index contributed by atoms with van der Waals surface area (Å²) in [6, 6.07) is 1.90. The van der Waals surface area contributed by atoms with Crippen LogP contribution in [-0.2, 0) is 4.74 Å². The summed E-state index contributed by atoms with van der Waals surface area (Å²) in [5.41, 5.74) is 1.02. The summed E-state index contributed by atoms with van der Waals surface area (Å²) in [7, 11) is 1.27. The van der Waals surface area contributed by atoms with E-state index < -0.39 is 5.97 Å². The Morgan fingerprint density at radius 1 is 1.41 bits per heavy atom. The zero-order valence-electron chi connectivity index (χ0n) is 9.22. The Balaban J connectivity index is 2.52. The van der Waals surface area contributed by atoms with Crippen molar-refractivity contribution >= 4 is 34.4 Å². The van der Waals surface area contributed by atoms with Gasteiger partial charge >= 0.3 is 5.97 Å². The Labute approximate surface area is 106 Å². The maximum Gasteiger partial charge on any atom is 0.358 e. The SMILES string of the molecule is COC(=O)c1nc(-c2ccsc2)sc1C(C)=O. The second-order valence-electron chi connectivity index (χ2n) is 3.26. The molecule has 0 aliphatic carbocycles. The van der Waals surface area contributed by atoms with E-state index in [9.17, 15) is 9.59 Å². The lowest BCUT2D eigenvalue weighted by Crippen LogP contribution is -2.06. The van der Waals surface area contributed by atoms with Crippen molar-refractivity contribution in [3.05, 3.63) is 27.4 Å². The number of ketones is 1. The number of methoxy groups -OCH3 is 1. The number of hydrogen-bond acceptors (Lipinski definition) is 6. The van der Waals surface area contributed by atoms with Crippen molar-refractivity contribution in [2.75, 3.05) is 7.11 Å². The first kappa shape index (κ1) is 11.9. The molecule has 0 bridgehead atoms. The molecule has 0 N–H and O–H groups in total. The van der Waals surface area contributed by atoms with E-state index in [2.05, 4.69) is 9.72 Å². The van der Waals surface area contributed by atoms with E-state index in [1.54, 1.807) is 0 Å². The number of nitrogens with zero attached hydrogens (tertiary/aromatic N) is 1. The number of hydrogen-bond donors (Lipinski definition) is 0. The van der Waals surface area contributed by atoms with Gasteiger partial charge in [0.2, 0.25) is 0 Å². The van der Waals surface area contributed by atoms with Crippen LogP contribution in [0.2, 0.25) is 0 Å². The molecule has 2 aromatic rings. The number of carbonyl (C=O) groups excluding carboxylic acids is 2. The molecule has 0 aliphatic rings. The van der Waals surface area contributed by atoms with Crippen molar-refractivity contribution < 1.29 is 14.3 Å². The molecule has 88 valence electrons. The first-order valence-electron chi connectivity index (χ1n) is 4.76. The summed E-state index contributed by atoms with van der Waals surface area (Å²) in [6.45, 7) is 1.41. The van der Waals surface area contributed by atoms with Crippen molar-refractivity contribution in [1.82, 2.24) is 4.98 Å². The molecule has 0 aliphatic heterocycles. The number of carbonyl (C=O) groups is 2. The Hall–Kier alpha value is -1.53. The highest BCUT2D eigenvalue weighted by atomic mass is 32.1. The number of rotatable bonds is 3. The number of esters is 1. The van der Waals surface area contributed by atoms with Crippen LogP contribution in [0.4, 0.5) is 0 Å². The molecule has 0 radical (unpaired) electrons. The summed E-state index contributed by atoms with van der Waals surface area (Å²) >= 11 is 2.75. The number of thiazole rings is 1. The monoisotopic (exact) mass is 267 g/mol. The molecular weight excluding hydrogens is 258 g/mol. The van der Waals surface area contributed by atoms with Crippen LogP contribution in [0.3, 0.4) is 0 Å². The van der Waals surface area contributed by atoms with Gasteiger partial charge in [-0.2, -0.15) is 11.3 Å². The van der Waals surface area contributed by atoms with Crippen LogP contribution in [0.5, 0.6) is 0 Å². The maximum absolute atomic E-state index is 11.5. The lowest BCUT2D eigenvalue weighted by Gasteiger charge is -1.95. The van der Waals surface area contributed by atoms with Gasteiger partial charge in [0.1, 0.15) is 9.88 Å².